The van der Waals surface area contributed by atoms with E-state index in [9.17, 15) is 0 Å². The van der Waals surface area contributed by atoms with Crippen LogP contribution in [0.2, 0.25) is 0 Å². The lowest BCUT2D eigenvalue weighted by Crippen LogP contribution is -2.00. The predicted octanol–water partition coefficient (Wildman–Crippen LogP) is 4.47. The molecule has 106 valence electrons. The second kappa shape index (κ2) is 6.66. The van der Waals surface area contributed by atoms with Crippen LogP contribution in [0.4, 0.5) is 0 Å². The van der Waals surface area contributed by atoms with Gasteiger partial charge < -0.3 is 9.72 Å². The van der Waals surface area contributed by atoms with Gasteiger partial charge in [0, 0.05) is 17.5 Å². The number of hydrogen-bond donors (Lipinski definition) is 1. The largest absolute Gasteiger partial charge is 0.494 e. The quantitative estimate of drug-likeness (QED) is 0.825. The minimum atomic E-state index is 0.663. The number of nitrogens with one attached hydrogen (secondary N) is 1. The molecule has 4 heteroatoms. The molecule has 0 atom stereocenters. The molecule has 0 unspecified atom stereocenters. The van der Waals surface area contributed by atoms with Gasteiger partial charge in [-0.2, -0.15) is 0 Å². The fraction of sp³-hybridized carbons (Fsp3) is 0.375. The van der Waals surface area contributed by atoms with Gasteiger partial charge in [-0.25, -0.2) is 4.98 Å². The molecule has 0 fully saturated rings. The van der Waals surface area contributed by atoms with Crippen LogP contribution in [0.15, 0.2) is 24.3 Å². The standard InChI is InChI=1S/C16H20N2OS/c1-4-7-14-17-15(11(3)16(20)18-14)12-8-6-9-13(10-12)19-5-2/h6,8-10H,4-5,7H2,1-3H3,(H,17,18,20). The molecule has 2 rings (SSSR count). The number of hydrogen-bond acceptors (Lipinski definition) is 3. The van der Waals surface area contributed by atoms with E-state index in [0.717, 1.165) is 41.2 Å². The number of ether oxygens (including phenoxy) is 1. The number of nitrogens with zero attached hydrogens (tertiary/aromatic N) is 1. The number of aromatic amines is 1. The normalized spacial score (nSPS) is 10.6. The molecule has 1 heterocycles. The first-order valence-corrected chi connectivity index (χ1v) is 7.39. The SMILES string of the molecule is CCCc1nc(=S)c(C)c(-c2cccc(OCC)c2)[nH]1. The van der Waals surface area contributed by atoms with Crippen molar-refractivity contribution in [1.82, 2.24) is 9.97 Å². The van der Waals surface area contributed by atoms with Crippen molar-refractivity contribution in [3.8, 4) is 17.0 Å². The van der Waals surface area contributed by atoms with Crippen LogP contribution in [0.3, 0.4) is 0 Å². The number of H-pyrrole nitrogens is 1. The zero-order valence-corrected chi connectivity index (χ0v) is 13.0. The molecule has 0 amide bonds. The Kier molecular flexibility index (Phi) is 4.90. The molecular weight excluding hydrogens is 268 g/mol. The fourth-order valence-electron chi connectivity index (χ4n) is 2.13. The third-order valence-corrected chi connectivity index (χ3v) is 3.52. The van der Waals surface area contributed by atoms with Crippen molar-refractivity contribution in [3.05, 3.63) is 40.3 Å². The van der Waals surface area contributed by atoms with Gasteiger partial charge in [-0.15, -0.1) is 0 Å². The summed E-state index contributed by atoms with van der Waals surface area (Å²) in [5.41, 5.74) is 3.13. The topological polar surface area (TPSA) is 37.9 Å². The van der Waals surface area contributed by atoms with Gasteiger partial charge in [0.2, 0.25) is 0 Å². The van der Waals surface area contributed by atoms with Gasteiger partial charge in [0.25, 0.3) is 0 Å². The zero-order chi connectivity index (χ0) is 14.5. The van der Waals surface area contributed by atoms with Crippen LogP contribution >= 0.6 is 12.2 Å². The van der Waals surface area contributed by atoms with Gasteiger partial charge in [-0.1, -0.05) is 31.3 Å². The summed E-state index contributed by atoms with van der Waals surface area (Å²) in [5.74, 6) is 1.82. The highest BCUT2D eigenvalue weighted by Gasteiger charge is 2.08. The van der Waals surface area contributed by atoms with Crippen LogP contribution in [0.5, 0.6) is 5.75 Å². The number of rotatable bonds is 5. The van der Waals surface area contributed by atoms with Gasteiger partial charge in [0.05, 0.1) is 12.3 Å². The molecule has 0 spiro atoms. The summed E-state index contributed by atoms with van der Waals surface area (Å²) in [6.07, 6.45) is 1.95. The Balaban J connectivity index is 2.50. The monoisotopic (exact) mass is 288 g/mol. The van der Waals surface area contributed by atoms with Crippen molar-refractivity contribution in [2.24, 2.45) is 0 Å². The Morgan fingerprint density at radius 2 is 2.10 bits per heavy atom. The summed E-state index contributed by atoms with van der Waals surface area (Å²) in [7, 11) is 0. The lowest BCUT2D eigenvalue weighted by atomic mass is 10.1. The Labute approximate surface area is 125 Å². The molecule has 0 saturated heterocycles. The van der Waals surface area contributed by atoms with E-state index in [0.29, 0.717) is 11.2 Å². The highest BCUT2D eigenvalue weighted by Crippen LogP contribution is 2.25. The molecular formula is C16H20N2OS. The van der Waals surface area contributed by atoms with Crippen molar-refractivity contribution >= 4 is 12.2 Å². The Morgan fingerprint density at radius 3 is 2.80 bits per heavy atom. The Bertz CT molecular complexity index is 649. The van der Waals surface area contributed by atoms with Gasteiger partial charge in [0.1, 0.15) is 16.2 Å². The molecule has 0 radical (unpaired) electrons. The fourth-order valence-corrected chi connectivity index (χ4v) is 2.34. The molecule has 20 heavy (non-hydrogen) atoms. The van der Waals surface area contributed by atoms with E-state index >= 15 is 0 Å². The summed E-state index contributed by atoms with van der Waals surface area (Å²) in [4.78, 5) is 7.84. The lowest BCUT2D eigenvalue weighted by molar-refractivity contribution is 0.340. The Hall–Kier alpha value is -1.68. The minimum absolute atomic E-state index is 0.663. The molecule has 0 aliphatic rings. The van der Waals surface area contributed by atoms with Crippen LogP contribution in [-0.4, -0.2) is 16.6 Å². The summed E-state index contributed by atoms with van der Waals surface area (Å²) in [6.45, 7) is 6.78. The molecule has 0 saturated carbocycles. The molecule has 3 nitrogen and oxygen atoms in total. The van der Waals surface area contributed by atoms with Gasteiger partial charge in [-0.05, 0) is 32.4 Å². The average Bonchev–Trinajstić information content (AvgIpc) is 2.43. The van der Waals surface area contributed by atoms with Crippen molar-refractivity contribution in [2.75, 3.05) is 6.61 Å². The van der Waals surface area contributed by atoms with Crippen molar-refractivity contribution in [1.29, 1.82) is 0 Å². The van der Waals surface area contributed by atoms with E-state index in [1.165, 1.54) is 0 Å². The van der Waals surface area contributed by atoms with E-state index in [1.54, 1.807) is 0 Å². The maximum Gasteiger partial charge on any atom is 0.133 e. The van der Waals surface area contributed by atoms with Crippen LogP contribution in [0, 0.1) is 11.6 Å². The van der Waals surface area contributed by atoms with Crippen LogP contribution in [-0.2, 0) is 6.42 Å². The first-order chi connectivity index (χ1) is 9.65. The third kappa shape index (κ3) is 3.25. The first kappa shape index (κ1) is 14.7. The van der Waals surface area contributed by atoms with Gasteiger partial charge >= 0.3 is 0 Å². The summed E-state index contributed by atoms with van der Waals surface area (Å²) in [5, 5.41) is 0. The van der Waals surface area contributed by atoms with Crippen molar-refractivity contribution < 1.29 is 4.74 Å². The van der Waals surface area contributed by atoms with E-state index in [1.807, 2.05) is 32.0 Å². The second-order valence-corrected chi connectivity index (χ2v) is 5.09. The molecule has 1 N–H and O–H groups in total. The van der Waals surface area contributed by atoms with E-state index in [4.69, 9.17) is 17.0 Å². The number of aryl methyl sites for hydroxylation is 1. The summed E-state index contributed by atoms with van der Waals surface area (Å²) < 4.78 is 6.23. The van der Waals surface area contributed by atoms with E-state index in [2.05, 4.69) is 23.0 Å². The van der Waals surface area contributed by atoms with Crippen LogP contribution in [0.25, 0.3) is 11.3 Å². The average molecular weight is 288 g/mol. The molecule has 0 aliphatic heterocycles. The summed E-state index contributed by atoms with van der Waals surface area (Å²) in [6, 6.07) is 8.06. The maximum atomic E-state index is 5.56. The highest BCUT2D eigenvalue weighted by molar-refractivity contribution is 7.71. The van der Waals surface area contributed by atoms with Crippen molar-refractivity contribution in [2.45, 2.75) is 33.6 Å². The highest BCUT2D eigenvalue weighted by atomic mass is 32.1. The van der Waals surface area contributed by atoms with Crippen molar-refractivity contribution in [3.63, 3.8) is 0 Å². The minimum Gasteiger partial charge on any atom is -0.494 e. The van der Waals surface area contributed by atoms with Gasteiger partial charge in [0.15, 0.2) is 0 Å². The van der Waals surface area contributed by atoms with E-state index in [-0.39, 0.29) is 0 Å². The maximum absolute atomic E-state index is 5.56. The molecule has 0 bridgehead atoms. The zero-order valence-electron chi connectivity index (χ0n) is 12.2. The van der Waals surface area contributed by atoms with Crippen LogP contribution < -0.4 is 4.74 Å². The van der Waals surface area contributed by atoms with E-state index < -0.39 is 0 Å². The molecule has 1 aromatic heterocycles. The first-order valence-electron chi connectivity index (χ1n) is 6.98. The second-order valence-electron chi connectivity index (χ2n) is 4.70. The van der Waals surface area contributed by atoms with Gasteiger partial charge in [-0.3, -0.25) is 0 Å². The Morgan fingerprint density at radius 1 is 1.30 bits per heavy atom. The number of benzene rings is 1. The third-order valence-electron chi connectivity index (χ3n) is 3.12. The molecule has 0 aliphatic carbocycles. The molecule has 2 aromatic rings. The number of aromatic nitrogens is 2. The lowest BCUT2D eigenvalue weighted by Gasteiger charge is -2.11. The van der Waals surface area contributed by atoms with Crippen LogP contribution in [0.1, 0.15) is 31.7 Å². The molecule has 1 aromatic carbocycles. The smallest absolute Gasteiger partial charge is 0.133 e. The predicted molar refractivity (Wildman–Crippen MR) is 84.8 cm³/mol. The summed E-state index contributed by atoms with van der Waals surface area (Å²) >= 11 is 5.36.